The highest BCUT2D eigenvalue weighted by atomic mass is 79.9. The van der Waals surface area contributed by atoms with Crippen LogP contribution in [0.1, 0.15) is 10.4 Å². The number of anilines is 1. The van der Waals surface area contributed by atoms with Gasteiger partial charge in [0.15, 0.2) is 0 Å². The maximum atomic E-state index is 12.7. The highest BCUT2D eigenvalue weighted by Crippen LogP contribution is 2.33. The molecule has 9 heteroatoms. The Morgan fingerprint density at radius 1 is 1.19 bits per heavy atom. The number of nitrogens with zero attached hydrogens (tertiary/aromatic N) is 4. The number of aromatic nitrogens is 3. The molecule has 0 aromatic carbocycles. The van der Waals surface area contributed by atoms with Crippen LogP contribution in [0, 0.1) is 11.8 Å². The summed E-state index contributed by atoms with van der Waals surface area (Å²) in [6, 6.07) is 3.95. The monoisotopic (exact) mass is 419 g/mol. The van der Waals surface area contributed by atoms with Gasteiger partial charge in [-0.3, -0.25) is 14.2 Å². The molecule has 4 heterocycles. The van der Waals surface area contributed by atoms with Gasteiger partial charge in [-0.25, -0.2) is 9.78 Å². The van der Waals surface area contributed by atoms with Crippen molar-refractivity contribution in [3.8, 4) is 0 Å². The van der Waals surface area contributed by atoms with E-state index in [4.69, 9.17) is 0 Å². The first-order chi connectivity index (χ1) is 12.4. The molecule has 8 nitrogen and oxygen atoms in total. The second-order valence-electron chi connectivity index (χ2n) is 6.84. The molecule has 0 spiro atoms. The maximum absolute atomic E-state index is 12.7. The molecular weight excluding hydrogens is 402 g/mol. The van der Waals surface area contributed by atoms with Gasteiger partial charge in [0.05, 0.1) is 0 Å². The average Bonchev–Trinajstić information content (AvgIpc) is 3.19. The van der Waals surface area contributed by atoms with Crippen molar-refractivity contribution in [1.29, 1.82) is 0 Å². The molecule has 26 heavy (non-hydrogen) atoms. The summed E-state index contributed by atoms with van der Waals surface area (Å²) in [6.07, 6.45) is 3.00. The van der Waals surface area contributed by atoms with Gasteiger partial charge in [0.25, 0.3) is 11.5 Å². The summed E-state index contributed by atoms with van der Waals surface area (Å²) in [4.78, 5) is 47.2. The van der Waals surface area contributed by atoms with Crippen molar-refractivity contribution in [2.24, 2.45) is 18.9 Å². The lowest BCUT2D eigenvalue weighted by molar-refractivity contribution is 0.0779. The lowest BCUT2D eigenvalue weighted by atomic mass is 10.0. The molecule has 1 amide bonds. The molecule has 0 radical (unpaired) electrons. The van der Waals surface area contributed by atoms with E-state index in [-0.39, 0.29) is 11.5 Å². The second kappa shape index (κ2) is 6.39. The van der Waals surface area contributed by atoms with Crippen molar-refractivity contribution in [1.82, 2.24) is 19.4 Å². The molecular formula is C17H18BrN5O3. The summed E-state index contributed by atoms with van der Waals surface area (Å²) in [5.41, 5.74) is -1.07. The molecule has 0 bridgehead atoms. The normalized spacial score (nSPS) is 21.9. The van der Waals surface area contributed by atoms with E-state index in [1.165, 1.54) is 13.2 Å². The van der Waals surface area contributed by atoms with Crippen molar-refractivity contribution < 1.29 is 4.79 Å². The zero-order valence-corrected chi connectivity index (χ0v) is 15.8. The van der Waals surface area contributed by atoms with Gasteiger partial charge in [-0.2, -0.15) is 0 Å². The molecule has 4 rings (SSSR count). The van der Waals surface area contributed by atoms with E-state index in [1.54, 1.807) is 11.1 Å². The van der Waals surface area contributed by atoms with E-state index >= 15 is 0 Å². The zero-order valence-electron chi connectivity index (χ0n) is 14.2. The molecule has 2 unspecified atom stereocenters. The largest absolute Gasteiger partial charge is 0.356 e. The van der Waals surface area contributed by atoms with Crippen LogP contribution in [0.5, 0.6) is 0 Å². The van der Waals surface area contributed by atoms with Gasteiger partial charge in [0.1, 0.15) is 11.4 Å². The van der Waals surface area contributed by atoms with Crippen molar-refractivity contribution in [2.45, 2.75) is 0 Å². The van der Waals surface area contributed by atoms with Crippen molar-refractivity contribution in [3.63, 3.8) is 0 Å². The molecule has 0 aliphatic carbocycles. The number of pyridine rings is 1. The lowest BCUT2D eigenvalue weighted by Gasteiger charge is -2.22. The Morgan fingerprint density at radius 3 is 2.50 bits per heavy atom. The number of hydrogen-bond donors (Lipinski definition) is 1. The minimum absolute atomic E-state index is 0.0125. The molecule has 2 aliphatic heterocycles. The quantitative estimate of drug-likeness (QED) is 0.762. The van der Waals surface area contributed by atoms with Crippen LogP contribution in [-0.4, -0.2) is 51.5 Å². The van der Waals surface area contributed by atoms with Gasteiger partial charge in [-0.15, -0.1) is 0 Å². The summed E-state index contributed by atoms with van der Waals surface area (Å²) >= 11 is 3.39. The number of rotatable bonds is 2. The third kappa shape index (κ3) is 2.86. The topological polar surface area (TPSA) is 91.3 Å². The molecule has 2 saturated heterocycles. The molecule has 2 aromatic heterocycles. The smallest absolute Gasteiger partial charge is 0.328 e. The Balaban J connectivity index is 1.47. The van der Waals surface area contributed by atoms with Crippen molar-refractivity contribution in [2.75, 3.05) is 31.1 Å². The number of hydrogen-bond acceptors (Lipinski definition) is 5. The van der Waals surface area contributed by atoms with Crippen molar-refractivity contribution >= 4 is 27.7 Å². The summed E-state index contributed by atoms with van der Waals surface area (Å²) < 4.78 is 1.87. The minimum Gasteiger partial charge on any atom is -0.356 e. The number of halogens is 1. The number of amides is 1. The van der Waals surface area contributed by atoms with Crippen LogP contribution < -0.4 is 16.1 Å². The highest BCUT2D eigenvalue weighted by Gasteiger charge is 2.42. The fourth-order valence-electron chi connectivity index (χ4n) is 3.79. The van der Waals surface area contributed by atoms with Crippen LogP contribution in [0.3, 0.4) is 0 Å². The van der Waals surface area contributed by atoms with Crippen LogP contribution in [0.4, 0.5) is 5.82 Å². The van der Waals surface area contributed by atoms with Crippen molar-refractivity contribution in [3.05, 3.63) is 55.4 Å². The Kier molecular flexibility index (Phi) is 4.18. The van der Waals surface area contributed by atoms with Crippen LogP contribution >= 0.6 is 15.9 Å². The minimum atomic E-state index is -0.559. The Hall–Kier alpha value is -2.42. The van der Waals surface area contributed by atoms with E-state index in [0.29, 0.717) is 24.9 Å². The molecule has 2 aliphatic rings. The van der Waals surface area contributed by atoms with Gasteiger partial charge < -0.3 is 14.8 Å². The lowest BCUT2D eigenvalue weighted by Crippen LogP contribution is -2.41. The van der Waals surface area contributed by atoms with Gasteiger partial charge in [0.2, 0.25) is 0 Å². The number of carbonyl (C=O) groups excluding carboxylic acids is 1. The second-order valence-corrected chi connectivity index (χ2v) is 7.76. The van der Waals surface area contributed by atoms with Gasteiger partial charge >= 0.3 is 5.69 Å². The number of aromatic amines is 1. The fourth-order valence-corrected chi connectivity index (χ4v) is 4.02. The van der Waals surface area contributed by atoms with Gasteiger partial charge in [-0.05, 0) is 28.1 Å². The molecule has 2 aromatic rings. The number of carbonyl (C=O) groups is 1. The fraction of sp³-hybridized carbons (Fsp3) is 0.412. The number of H-pyrrole nitrogens is 1. The number of likely N-dealkylation sites (tertiary alicyclic amines) is 1. The van der Waals surface area contributed by atoms with E-state index in [9.17, 15) is 14.4 Å². The number of nitrogens with one attached hydrogen (secondary N) is 1. The van der Waals surface area contributed by atoms with Crippen LogP contribution in [-0.2, 0) is 7.05 Å². The first kappa shape index (κ1) is 17.0. The third-order valence-electron chi connectivity index (χ3n) is 5.22. The van der Waals surface area contributed by atoms with E-state index in [1.807, 2.05) is 12.1 Å². The van der Waals surface area contributed by atoms with Crippen LogP contribution in [0.25, 0.3) is 0 Å². The summed E-state index contributed by atoms with van der Waals surface area (Å²) in [5.74, 6) is 1.34. The summed E-state index contributed by atoms with van der Waals surface area (Å²) in [6.45, 7) is 2.90. The number of fused-ring (bicyclic) bond motifs is 1. The predicted octanol–water partition coefficient (Wildman–Crippen LogP) is 0.439. The maximum Gasteiger partial charge on any atom is 0.328 e. The SMILES string of the molecule is Cn1c(=O)[nH]cc(C(=O)N2CC3CN(c4ccc(Br)cn4)CC3C2)c1=O. The Bertz CT molecular complexity index is 954. The summed E-state index contributed by atoms with van der Waals surface area (Å²) in [7, 11) is 1.36. The molecule has 136 valence electrons. The molecule has 0 saturated carbocycles. The molecule has 2 fully saturated rings. The van der Waals surface area contributed by atoms with E-state index in [0.717, 1.165) is 27.9 Å². The Morgan fingerprint density at radius 2 is 1.88 bits per heavy atom. The average molecular weight is 420 g/mol. The highest BCUT2D eigenvalue weighted by molar-refractivity contribution is 9.10. The molecule has 1 N–H and O–H groups in total. The van der Waals surface area contributed by atoms with Gasteiger partial charge in [0, 0.05) is 61.9 Å². The van der Waals surface area contributed by atoms with Gasteiger partial charge in [-0.1, -0.05) is 0 Å². The standard InChI is InChI=1S/C17H18BrN5O3/c1-21-15(24)13(5-20-17(21)26)16(25)23-8-10-6-22(7-11(10)9-23)14-3-2-12(18)4-19-14/h2-5,10-11H,6-9H2,1H3,(H,20,26). The van der Waals surface area contributed by atoms with Crippen LogP contribution in [0.15, 0.2) is 38.6 Å². The first-order valence-electron chi connectivity index (χ1n) is 8.38. The van der Waals surface area contributed by atoms with E-state index < -0.39 is 11.2 Å². The zero-order chi connectivity index (χ0) is 18.4. The predicted molar refractivity (Wildman–Crippen MR) is 99.3 cm³/mol. The molecule has 2 atom stereocenters. The van der Waals surface area contributed by atoms with E-state index in [2.05, 4.69) is 30.8 Å². The summed E-state index contributed by atoms with van der Waals surface area (Å²) in [5, 5.41) is 0. The van der Waals surface area contributed by atoms with Crippen LogP contribution in [0.2, 0.25) is 0 Å². The third-order valence-corrected chi connectivity index (χ3v) is 5.69. The first-order valence-corrected chi connectivity index (χ1v) is 9.18. The Labute approximate surface area is 157 Å².